The van der Waals surface area contributed by atoms with Gasteiger partial charge in [0.1, 0.15) is 0 Å². The Morgan fingerprint density at radius 1 is 1.00 bits per heavy atom. The fourth-order valence-corrected chi connectivity index (χ4v) is 15.1. The summed E-state index contributed by atoms with van der Waals surface area (Å²) in [6, 6.07) is 0. The first kappa shape index (κ1) is 12.8. The Morgan fingerprint density at radius 2 is 1.33 bits per heavy atom. The highest BCUT2D eigenvalue weighted by Gasteiger charge is 2.40. The summed E-state index contributed by atoms with van der Waals surface area (Å²) in [5, 5.41) is 0.457. The van der Waals surface area contributed by atoms with Crippen LogP contribution in [0.3, 0.4) is 0 Å². The second-order valence-corrected chi connectivity index (χ2v) is 18.1. The number of allylic oxidation sites excluding steroid dienone is 2. The van der Waals surface area contributed by atoms with E-state index in [4.69, 9.17) is 22.2 Å². The molecule has 0 atom stereocenters. The summed E-state index contributed by atoms with van der Waals surface area (Å²) >= 11 is 12.8. The highest BCUT2D eigenvalue weighted by atomic mass is 35.6. The third-order valence-electron chi connectivity index (χ3n) is 1.86. The lowest BCUT2D eigenvalue weighted by Gasteiger charge is -2.31. The number of rotatable bonds is 3. The van der Waals surface area contributed by atoms with E-state index in [0.29, 0.717) is 5.16 Å². The van der Waals surface area contributed by atoms with Gasteiger partial charge in [0.05, 0.1) is 0 Å². The second-order valence-electron chi connectivity index (χ2n) is 4.13. The summed E-state index contributed by atoms with van der Waals surface area (Å²) in [6.45, 7) is 10.7. The van der Waals surface area contributed by atoms with E-state index in [9.17, 15) is 0 Å². The molecule has 0 heterocycles. The van der Waals surface area contributed by atoms with Crippen molar-refractivity contribution in [1.82, 2.24) is 0 Å². The van der Waals surface area contributed by atoms with Crippen LogP contribution in [-0.2, 0) is 0 Å². The molecule has 0 rings (SSSR count). The molecule has 0 nitrogen and oxygen atoms in total. The van der Waals surface area contributed by atoms with Crippen molar-refractivity contribution in [3.63, 3.8) is 0 Å². The van der Waals surface area contributed by atoms with Crippen LogP contribution in [0.15, 0.2) is 12.2 Å². The number of hydrogen-bond acceptors (Lipinski definition) is 0. The van der Waals surface area contributed by atoms with Gasteiger partial charge in [-0.05, 0) is 12.1 Å². The molecular formula is C8H18Cl2Si2. The molecule has 72 valence electrons. The molecule has 0 spiro atoms. The highest BCUT2D eigenvalue weighted by molar-refractivity contribution is 7.33. The number of hydrogen-bond donors (Lipinski definition) is 0. The van der Waals surface area contributed by atoms with Crippen LogP contribution in [0.2, 0.25) is 31.4 Å². The Morgan fingerprint density at radius 3 is 1.42 bits per heavy atom. The standard InChI is InChI=1S/C8H18Cl2Si2/c1-6-7-8(11(2,3)9)12(4,5)10/h6-8H,1-5H3/b7-6+. The zero-order valence-corrected chi connectivity index (χ0v) is 12.0. The van der Waals surface area contributed by atoms with Crippen LogP contribution in [-0.4, -0.2) is 14.8 Å². The smallest absolute Gasteiger partial charge is 0.155 e. The lowest BCUT2D eigenvalue weighted by molar-refractivity contribution is 1.37. The molecule has 0 aromatic carbocycles. The summed E-state index contributed by atoms with van der Waals surface area (Å²) in [6.07, 6.45) is 4.26. The van der Waals surface area contributed by atoms with Gasteiger partial charge in [0.15, 0.2) is 14.8 Å². The van der Waals surface area contributed by atoms with Crippen LogP contribution < -0.4 is 0 Å². The van der Waals surface area contributed by atoms with Crippen LogP contribution in [0, 0.1) is 0 Å². The van der Waals surface area contributed by atoms with Gasteiger partial charge in [-0.15, -0.1) is 0 Å². The molecule has 0 saturated heterocycles. The van der Waals surface area contributed by atoms with E-state index < -0.39 is 14.8 Å². The topological polar surface area (TPSA) is 0 Å². The van der Waals surface area contributed by atoms with Crippen molar-refractivity contribution in [3.05, 3.63) is 12.2 Å². The zero-order valence-electron chi connectivity index (χ0n) is 8.49. The Labute approximate surface area is 87.4 Å². The van der Waals surface area contributed by atoms with Crippen LogP contribution in [0.1, 0.15) is 6.92 Å². The van der Waals surface area contributed by atoms with Crippen molar-refractivity contribution < 1.29 is 0 Å². The molecule has 0 fully saturated rings. The first-order valence-electron chi connectivity index (χ1n) is 4.20. The van der Waals surface area contributed by atoms with E-state index >= 15 is 0 Å². The van der Waals surface area contributed by atoms with Gasteiger partial charge in [0.2, 0.25) is 0 Å². The predicted octanol–water partition coefficient (Wildman–Crippen LogP) is 4.36. The fourth-order valence-electron chi connectivity index (χ4n) is 1.47. The van der Waals surface area contributed by atoms with Crippen LogP contribution in [0.5, 0.6) is 0 Å². The van der Waals surface area contributed by atoms with E-state index in [1.165, 1.54) is 0 Å². The van der Waals surface area contributed by atoms with Crippen molar-refractivity contribution in [2.75, 3.05) is 0 Å². The summed E-state index contributed by atoms with van der Waals surface area (Å²) < 4.78 is 0. The van der Waals surface area contributed by atoms with Crippen LogP contribution >= 0.6 is 22.2 Å². The molecule has 0 unspecified atom stereocenters. The molecule has 0 aliphatic heterocycles. The van der Waals surface area contributed by atoms with E-state index in [0.717, 1.165) is 0 Å². The third kappa shape index (κ3) is 4.12. The molecule has 0 amide bonds. The van der Waals surface area contributed by atoms with Gasteiger partial charge < -0.3 is 0 Å². The summed E-state index contributed by atoms with van der Waals surface area (Å²) in [4.78, 5) is 0. The quantitative estimate of drug-likeness (QED) is 0.391. The Bertz CT molecular complexity index is 151. The van der Waals surface area contributed by atoms with Crippen molar-refractivity contribution in [2.45, 2.75) is 38.3 Å². The normalized spacial score (nSPS) is 14.7. The molecule has 0 saturated carbocycles. The molecule has 0 aromatic rings. The summed E-state index contributed by atoms with van der Waals surface area (Å²) in [5.41, 5.74) is 0. The SMILES string of the molecule is C/C=C/C([Si](C)(C)Cl)[Si](C)(C)Cl. The Balaban J connectivity index is 4.69. The molecule has 0 bridgehead atoms. The fraction of sp³-hybridized carbons (Fsp3) is 0.750. The first-order valence-corrected chi connectivity index (χ1v) is 12.4. The lowest BCUT2D eigenvalue weighted by Crippen LogP contribution is -2.39. The molecular weight excluding hydrogens is 223 g/mol. The molecule has 0 radical (unpaired) electrons. The van der Waals surface area contributed by atoms with Crippen molar-refractivity contribution in [1.29, 1.82) is 0 Å². The minimum absolute atomic E-state index is 0.457. The van der Waals surface area contributed by atoms with Gasteiger partial charge in [0, 0.05) is 0 Å². The molecule has 0 N–H and O–H groups in total. The van der Waals surface area contributed by atoms with Gasteiger partial charge in [0.25, 0.3) is 0 Å². The molecule has 12 heavy (non-hydrogen) atoms. The van der Waals surface area contributed by atoms with Gasteiger partial charge in [-0.25, -0.2) is 0 Å². The minimum Gasteiger partial charge on any atom is -0.167 e. The first-order chi connectivity index (χ1) is 5.19. The maximum absolute atomic E-state index is 6.40. The maximum atomic E-state index is 6.40. The summed E-state index contributed by atoms with van der Waals surface area (Å²) in [5.74, 6) is 0. The van der Waals surface area contributed by atoms with Crippen molar-refractivity contribution in [3.8, 4) is 0 Å². The number of halogens is 2. The van der Waals surface area contributed by atoms with Crippen LogP contribution in [0.4, 0.5) is 0 Å². The van der Waals surface area contributed by atoms with Crippen molar-refractivity contribution in [2.24, 2.45) is 0 Å². The Kier molecular flexibility index (Phi) is 4.58. The lowest BCUT2D eigenvalue weighted by atomic mass is 10.6. The van der Waals surface area contributed by atoms with Crippen molar-refractivity contribution >= 4 is 36.9 Å². The molecule has 4 heteroatoms. The van der Waals surface area contributed by atoms with Crippen LogP contribution in [0.25, 0.3) is 0 Å². The van der Waals surface area contributed by atoms with E-state index in [-0.39, 0.29) is 0 Å². The molecule has 0 aromatic heterocycles. The monoisotopic (exact) mass is 240 g/mol. The maximum Gasteiger partial charge on any atom is 0.155 e. The van der Waals surface area contributed by atoms with Gasteiger partial charge in [-0.1, -0.05) is 38.3 Å². The third-order valence-corrected chi connectivity index (χ3v) is 12.0. The largest absolute Gasteiger partial charge is 0.167 e. The Hall–Kier alpha value is 0.754. The van der Waals surface area contributed by atoms with Gasteiger partial charge >= 0.3 is 0 Å². The molecule has 0 aliphatic rings. The van der Waals surface area contributed by atoms with E-state index in [2.05, 4.69) is 38.3 Å². The average molecular weight is 241 g/mol. The minimum atomic E-state index is -1.63. The zero-order chi connectivity index (χ0) is 9.99. The summed E-state index contributed by atoms with van der Waals surface area (Å²) in [7, 11) is -3.26. The molecule has 0 aliphatic carbocycles. The average Bonchev–Trinajstić information content (AvgIpc) is 1.77. The van der Waals surface area contributed by atoms with E-state index in [1.54, 1.807) is 0 Å². The van der Waals surface area contributed by atoms with Gasteiger partial charge in [-0.2, -0.15) is 22.2 Å². The van der Waals surface area contributed by atoms with E-state index in [1.807, 2.05) is 6.92 Å². The highest BCUT2D eigenvalue weighted by Crippen LogP contribution is 2.37. The van der Waals surface area contributed by atoms with Gasteiger partial charge in [-0.3, -0.25) is 0 Å². The predicted molar refractivity (Wildman–Crippen MR) is 65.2 cm³/mol. The second kappa shape index (κ2) is 4.31.